The van der Waals surface area contributed by atoms with Crippen molar-refractivity contribution in [1.82, 2.24) is 15.5 Å². The van der Waals surface area contributed by atoms with Crippen molar-refractivity contribution in [3.63, 3.8) is 0 Å². The number of amides is 3. The molecule has 29 heavy (non-hydrogen) atoms. The lowest BCUT2D eigenvalue weighted by atomic mass is 10.0. The Morgan fingerprint density at radius 2 is 1.79 bits per heavy atom. The van der Waals surface area contributed by atoms with Crippen LogP contribution in [0.2, 0.25) is 0 Å². The molecule has 1 aliphatic rings. The molecular formula is C22H27N3O4. The average molecular weight is 397 g/mol. The Morgan fingerprint density at radius 1 is 1.07 bits per heavy atom. The van der Waals surface area contributed by atoms with Crippen LogP contribution in [0.5, 0.6) is 0 Å². The molecule has 1 aromatic carbocycles. The quantitative estimate of drug-likeness (QED) is 0.680. The van der Waals surface area contributed by atoms with Crippen LogP contribution in [0.4, 0.5) is 0 Å². The maximum atomic E-state index is 12.6. The summed E-state index contributed by atoms with van der Waals surface area (Å²) >= 11 is 0. The second-order valence-electron chi connectivity index (χ2n) is 7.59. The first-order chi connectivity index (χ1) is 13.9. The molecule has 0 radical (unpaired) electrons. The van der Waals surface area contributed by atoms with Crippen molar-refractivity contribution in [2.75, 3.05) is 13.1 Å². The van der Waals surface area contributed by atoms with Crippen molar-refractivity contribution in [2.24, 2.45) is 0 Å². The van der Waals surface area contributed by atoms with E-state index in [1.807, 2.05) is 4.90 Å². The third-order valence-corrected chi connectivity index (χ3v) is 4.90. The molecule has 3 rings (SSSR count). The van der Waals surface area contributed by atoms with Gasteiger partial charge in [0.05, 0.1) is 19.4 Å². The zero-order chi connectivity index (χ0) is 20.8. The molecule has 0 bridgehead atoms. The van der Waals surface area contributed by atoms with Crippen LogP contribution in [0, 0.1) is 0 Å². The van der Waals surface area contributed by atoms with Crippen LogP contribution < -0.4 is 10.6 Å². The van der Waals surface area contributed by atoms with Gasteiger partial charge in [0, 0.05) is 12.6 Å². The van der Waals surface area contributed by atoms with Crippen LogP contribution in [-0.2, 0) is 16.1 Å². The van der Waals surface area contributed by atoms with E-state index in [1.54, 1.807) is 6.07 Å². The highest BCUT2D eigenvalue weighted by atomic mass is 16.3. The highest BCUT2D eigenvalue weighted by Crippen LogP contribution is 2.28. The topological polar surface area (TPSA) is 91.7 Å². The maximum Gasteiger partial charge on any atom is 0.287 e. The summed E-state index contributed by atoms with van der Waals surface area (Å²) in [6.07, 6.45) is 3.36. The van der Waals surface area contributed by atoms with Gasteiger partial charge in [0.25, 0.3) is 5.91 Å². The minimum absolute atomic E-state index is 0.0873. The Labute approximate surface area is 170 Å². The van der Waals surface area contributed by atoms with Gasteiger partial charge < -0.3 is 20.0 Å². The Morgan fingerprint density at radius 3 is 2.38 bits per heavy atom. The first-order valence-electron chi connectivity index (χ1n) is 9.90. The molecule has 7 nitrogen and oxygen atoms in total. The van der Waals surface area contributed by atoms with E-state index >= 15 is 0 Å². The average Bonchev–Trinajstić information content (AvgIpc) is 3.41. The minimum Gasteiger partial charge on any atom is -0.459 e. The Kier molecular flexibility index (Phi) is 6.69. The molecule has 2 aromatic rings. The number of hydrogen-bond donors (Lipinski definition) is 2. The number of rotatable bonds is 9. The zero-order valence-corrected chi connectivity index (χ0v) is 16.8. The smallest absolute Gasteiger partial charge is 0.287 e. The summed E-state index contributed by atoms with van der Waals surface area (Å²) in [7, 11) is 0. The van der Waals surface area contributed by atoms with E-state index in [-0.39, 0.29) is 30.8 Å². The predicted octanol–water partition coefficient (Wildman–Crippen LogP) is 2.44. The molecule has 1 heterocycles. The summed E-state index contributed by atoms with van der Waals surface area (Å²) in [5, 5.41) is 5.04. The van der Waals surface area contributed by atoms with E-state index in [1.165, 1.54) is 17.9 Å². The van der Waals surface area contributed by atoms with Gasteiger partial charge in [0.2, 0.25) is 11.8 Å². The largest absolute Gasteiger partial charge is 0.459 e. The van der Waals surface area contributed by atoms with E-state index in [9.17, 15) is 14.4 Å². The SMILES string of the molecule is CC(C)c1ccc(CN(C(=O)CNC(=O)CNC(=O)c2ccco2)C2CC2)cc1. The van der Waals surface area contributed by atoms with Gasteiger partial charge in [-0.1, -0.05) is 38.1 Å². The number of nitrogens with one attached hydrogen (secondary N) is 2. The number of nitrogens with zero attached hydrogens (tertiary/aromatic N) is 1. The first kappa shape index (κ1) is 20.6. The van der Waals surface area contributed by atoms with Crippen LogP contribution in [0.25, 0.3) is 0 Å². The molecule has 0 aliphatic heterocycles. The molecule has 1 aromatic heterocycles. The monoisotopic (exact) mass is 397 g/mol. The van der Waals surface area contributed by atoms with Crippen molar-refractivity contribution >= 4 is 17.7 Å². The van der Waals surface area contributed by atoms with E-state index in [0.29, 0.717) is 12.5 Å². The third kappa shape index (κ3) is 5.94. The van der Waals surface area contributed by atoms with E-state index < -0.39 is 11.8 Å². The fourth-order valence-corrected chi connectivity index (χ4v) is 3.01. The molecule has 2 N–H and O–H groups in total. The van der Waals surface area contributed by atoms with E-state index in [4.69, 9.17) is 4.42 Å². The number of carbonyl (C=O) groups excluding carboxylic acids is 3. The highest BCUT2D eigenvalue weighted by molar-refractivity contribution is 5.94. The van der Waals surface area contributed by atoms with Crippen LogP contribution in [0.1, 0.15) is 54.3 Å². The molecule has 1 saturated carbocycles. The van der Waals surface area contributed by atoms with Gasteiger partial charge in [-0.3, -0.25) is 14.4 Å². The van der Waals surface area contributed by atoms with Crippen molar-refractivity contribution < 1.29 is 18.8 Å². The second kappa shape index (κ2) is 9.41. The van der Waals surface area contributed by atoms with E-state index in [2.05, 4.69) is 48.7 Å². The Bertz CT molecular complexity index is 839. The van der Waals surface area contributed by atoms with Gasteiger partial charge in [0.15, 0.2) is 5.76 Å². The molecule has 3 amide bonds. The summed E-state index contributed by atoms with van der Waals surface area (Å²) in [6.45, 7) is 4.53. The van der Waals surface area contributed by atoms with Crippen molar-refractivity contribution in [2.45, 2.75) is 45.2 Å². The van der Waals surface area contributed by atoms with Crippen LogP contribution in [-0.4, -0.2) is 41.8 Å². The molecule has 7 heteroatoms. The normalized spacial score (nSPS) is 13.2. The molecule has 154 valence electrons. The standard InChI is InChI=1S/C22H27N3O4/c1-15(2)17-7-5-16(6-8-17)14-25(18-9-10-18)21(27)13-23-20(26)12-24-22(28)19-4-3-11-29-19/h3-8,11,15,18H,9-10,12-14H2,1-2H3,(H,23,26)(H,24,28). The van der Waals surface area contributed by atoms with Gasteiger partial charge in [-0.05, 0) is 42.0 Å². The fourth-order valence-electron chi connectivity index (χ4n) is 3.01. The first-order valence-corrected chi connectivity index (χ1v) is 9.90. The summed E-state index contributed by atoms with van der Waals surface area (Å²) < 4.78 is 4.96. The van der Waals surface area contributed by atoms with Crippen molar-refractivity contribution in [1.29, 1.82) is 0 Å². The summed E-state index contributed by atoms with van der Waals surface area (Å²) in [5.74, 6) is -0.409. The number of benzene rings is 1. The summed E-state index contributed by atoms with van der Waals surface area (Å²) in [6, 6.07) is 11.6. The lowest BCUT2D eigenvalue weighted by Crippen LogP contribution is -2.44. The Hall–Kier alpha value is -3.09. The van der Waals surface area contributed by atoms with Gasteiger partial charge in [0.1, 0.15) is 0 Å². The van der Waals surface area contributed by atoms with Gasteiger partial charge >= 0.3 is 0 Å². The third-order valence-electron chi connectivity index (χ3n) is 4.90. The summed E-state index contributed by atoms with van der Waals surface area (Å²) in [5.41, 5.74) is 2.34. The minimum atomic E-state index is -0.471. The van der Waals surface area contributed by atoms with Crippen LogP contribution in [0.3, 0.4) is 0 Å². The highest BCUT2D eigenvalue weighted by Gasteiger charge is 2.32. The van der Waals surface area contributed by atoms with Crippen molar-refractivity contribution in [3.8, 4) is 0 Å². The fraction of sp³-hybridized carbons (Fsp3) is 0.409. The van der Waals surface area contributed by atoms with Crippen molar-refractivity contribution in [3.05, 3.63) is 59.5 Å². The van der Waals surface area contributed by atoms with Crippen LogP contribution >= 0.6 is 0 Å². The second-order valence-corrected chi connectivity index (χ2v) is 7.59. The lowest BCUT2D eigenvalue weighted by molar-refractivity contribution is -0.133. The molecule has 0 unspecified atom stereocenters. The molecule has 0 saturated heterocycles. The van der Waals surface area contributed by atoms with Gasteiger partial charge in [-0.15, -0.1) is 0 Å². The van der Waals surface area contributed by atoms with Gasteiger partial charge in [-0.2, -0.15) is 0 Å². The predicted molar refractivity (Wildman–Crippen MR) is 108 cm³/mol. The van der Waals surface area contributed by atoms with Gasteiger partial charge in [-0.25, -0.2) is 0 Å². The molecule has 1 fully saturated rings. The molecule has 1 aliphatic carbocycles. The molecule has 0 atom stereocenters. The van der Waals surface area contributed by atoms with E-state index in [0.717, 1.165) is 18.4 Å². The summed E-state index contributed by atoms with van der Waals surface area (Å²) in [4.78, 5) is 38.2. The number of furan rings is 1. The lowest BCUT2D eigenvalue weighted by Gasteiger charge is -2.23. The zero-order valence-electron chi connectivity index (χ0n) is 16.8. The van der Waals surface area contributed by atoms with Crippen LogP contribution in [0.15, 0.2) is 47.1 Å². The number of carbonyl (C=O) groups is 3. The molecular weight excluding hydrogens is 370 g/mol. The molecule has 0 spiro atoms. The maximum absolute atomic E-state index is 12.6. The Balaban J connectivity index is 1.47. The number of hydrogen-bond acceptors (Lipinski definition) is 4.